The lowest BCUT2D eigenvalue weighted by Gasteiger charge is -2.20. The summed E-state index contributed by atoms with van der Waals surface area (Å²) in [4.78, 5) is 36.8. The van der Waals surface area contributed by atoms with Gasteiger partial charge >= 0.3 is 5.97 Å². The molecule has 1 aromatic rings. The molecule has 3 rings (SSSR count). The van der Waals surface area contributed by atoms with Gasteiger partial charge in [-0.05, 0) is 50.5 Å². The van der Waals surface area contributed by atoms with E-state index in [2.05, 4.69) is 5.32 Å². The van der Waals surface area contributed by atoms with Crippen LogP contribution in [-0.2, 0) is 9.53 Å². The van der Waals surface area contributed by atoms with Crippen molar-refractivity contribution >= 4 is 34.1 Å². The van der Waals surface area contributed by atoms with Gasteiger partial charge in [-0.2, -0.15) is 0 Å². The molecule has 0 aromatic carbocycles. The van der Waals surface area contributed by atoms with Gasteiger partial charge in [0, 0.05) is 5.92 Å². The fraction of sp³-hybridized carbons (Fsp3) is 0.588. The molecule has 2 aliphatic carbocycles. The van der Waals surface area contributed by atoms with Gasteiger partial charge in [0.25, 0.3) is 5.91 Å². The number of carbonyl (C=O) groups excluding carboxylic acids is 3. The molecule has 2 bridgehead atoms. The van der Waals surface area contributed by atoms with Crippen molar-refractivity contribution in [3.63, 3.8) is 0 Å². The number of primary amides is 1. The first kappa shape index (κ1) is 17.0. The third-order valence-electron chi connectivity index (χ3n) is 5.17. The maximum atomic E-state index is 12.6. The first-order valence-electron chi connectivity index (χ1n) is 8.33. The minimum absolute atomic E-state index is 0.00192. The van der Waals surface area contributed by atoms with E-state index >= 15 is 0 Å². The Kier molecular flexibility index (Phi) is 4.62. The number of amides is 2. The van der Waals surface area contributed by atoms with Crippen molar-refractivity contribution in [1.82, 2.24) is 0 Å². The van der Waals surface area contributed by atoms with Crippen LogP contribution in [0.5, 0.6) is 0 Å². The Labute approximate surface area is 144 Å². The smallest absolute Gasteiger partial charge is 0.348 e. The van der Waals surface area contributed by atoms with Gasteiger partial charge in [0.1, 0.15) is 9.88 Å². The van der Waals surface area contributed by atoms with E-state index in [1.165, 1.54) is 6.42 Å². The molecule has 0 spiro atoms. The van der Waals surface area contributed by atoms with Crippen LogP contribution in [0.2, 0.25) is 0 Å². The first-order valence-corrected chi connectivity index (χ1v) is 9.15. The topological polar surface area (TPSA) is 98.5 Å². The number of thiophene rings is 1. The second-order valence-corrected chi connectivity index (χ2v) is 7.64. The summed E-state index contributed by atoms with van der Waals surface area (Å²) in [6.07, 6.45) is 4.35. The van der Waals surface area contributed by atoms with E-state index in [1.54, 1.807) is 13.8 Å². The number of hydrogen-bond acceptors (Lipinski definition) is 5. The van der Waals surface area contributed by atoms with Gasteiger partial charge in [-0.1, -0.05) is 6.42 Å². The number of carbonyl (C=O) groups is 3. The maximum absolute atomic E-state index is 12.6. The maximum Gasteiger partial charge on any atom is 0.348 e. The molecule has 2 amide bonds. The van der Waals surface area contributed by atoms with Crippen molar-refractivity contribution in [3.8, 4) is 0 Å². The minimum atomic E-state index is -0.650. The summed E-state index contributed by atoms with van der Waals surface area (Å²) in [5, 5.41) is 3.21. The number of nitrogens with two attached hydrogens (primary N) is 1. The van der Waals surface area contributed by atoms with E-state index in [-0.39, 0.29) is 24.0 Å². The van der Waals surface area contributed by atoms with Crippen LogP contribution < -0.4 is 11.1 Å². The number of esters is 1. The summed E-state index contributed by atoms with van der Waals surface area (Å²) in [6.45, 7) is 3.61. The molecule has 0 aliphatic heterocycles. The number of hydrogen-bond donors (Lipinski definition) is 2. The lowest BCUT2D eigenvalue weighted by atomic mass is 9.88. The van der Waals surface area contributed by atoms with Gasteiger partial charge in [0.05, 0.1) is 12.2 Å². The van der Waals surface area contributed by atoms with Gasteiger partial charge in [0.2, 0.25) is 5.91 Å². The highest BCUT2D eigenvalue weighted by Crippen LogP contribution is 2.49. The Balaban J connectivity index is 1.84. The molecule has 1 heterocycles. The normalized spacial score (nSPS) is 24.8. The number of fused-ring (bicyclic) bond motifs is 2. The summed E-state index contributed by atoms with van der Waals surface area (Å²) in [7, 11) is 0. The highest BCUT2D eigenvalue weighted by atomic mass is 32.1. The molecule has 2 aliphatic rings. The zero-order chi connectivity index (χ0) is 17.4. The van der Waals surface area contributed by atoms with E-state index in [0.29, 0.717) is 27.3 Å². The highest BCUT2D eigenvalue weighted by molar-refractivity contribution is 7.18. The van der Waals surface area contributed by atoms with Crippen molar-refractivity contribution in [1.29, 1.82) is 0 Å². The average Bonchev–Trinajstić information content (AvgIpc) is 3.21. The van der Waals surface area contributed by atoms with E-state index in [9.17, 15) is 14.4 Å². The number of ether oxygens (including phenoxy) is 1. The Hall–Kier alpha value is -1.89. The van der Waals surface area contributed by atoms with Crippen LogP contribution in [0, 0.1) is 24.7 Å². The average molecular weight is 350 g/mol. The molecule has 1 aromatic heterocycles. The summed E-state index contributed by atoms with van der Waals surface area (Å²) in [5.41, 5.74) is 6.13. The van der Waals surface area contributed by atoms with Crippen LogP contribution in [0.4, 0.5) is 5.00 Å². The van der Waals surface area contributed by atoms with Gasteiger partial charge in [-0.3, -0.25) is 9.59 Å². The van der Waals surface area contributed by atoms with E-state index in [1.807, 2.05) is 0 Å². The second kappa shape index (κ2) is 6.55. The second-order valence-electron chi connectivity index (χ2n) is 6.62. The predicted octanol–water partition coefficient (Wildman–Crippen LogP) is 2.71. The van der Waals surface area contributed by atoms with E-state index in [4.69, 9.17) is 10.5 Å². The molecule has 24 heavy (non-hydrogen) atoms. The molecule has 130 valence electrons. The summed E-state index contributed by atoms with van der Waals surface area (Å²) < 4.78 is 5.01. The zero-order valence-electron chi connectivity index (χ0n) is 13.9. The summed E-state index contributed by atoms with van der Waals surface area (Å²) in [6, 6.07) is 0. The van der Waals surface area contributed by atoms with E-state index < -0.39 is 11.9 Å². The van der Waals surface area contributed by atoms with Crippen LogP contribution in [0.25, 0.3) is 0 Å². The largest absolute Gasteiger partial charge is 0.462 e. The lowest BCUT2D eigenvalue weighted by Crippen LogP contribution is -2.27. The van der Waals surface area contributed by atoms with Crippen LogP contribution in [0.3, 0.4) is 0 Å². The molecule has 3 atom stereocenters. The van der Waals surface area contributed by atoms with Crippen LogP contribution in [0.15, 0.2) is 0 Å². The van der Waals surface area contributed by atoms with Gasteiger partial charge in [0.15, 0.2) is 0 Å². The van der Waals surface area contributed by atoms with Crippen LogP contribution in [0.1, 0.15) is 58.2 Å². The fourth-order valence-corrected chi connectivity index (χ4v) is 5.17. The van der Waals surface area contributed by atoms with Crippen molar-refractivity contribution in [2.75, 3.05) is 11.9 Å². The fourth-order valence-electron chi connectivity index (χ4n) is 4.06. The molecule has 0 unspecified atom stereocenters. The SMILES string of the molecule is CCOC(=O)c1sc(NC(=O)[C@H]2C[C@H]3CC[C@@H]2C3)c(C(N)=O)c1C. The van der Waals surface area contributed by atoms with Crippen molar-refractivity contribution in [2.45, 2.75) is 39.5 Å². The standard InChI is InChI=1S/C17H22N2O4S/c1-3-23-17(22)13-8(2)12(14(18)20)16(24-13)19-15(21)11-7-9-4-5-10(11)6-9/h9-11H,3-7H2,1-2H3,(H2,18,20)(H,19,21)/t9-,10+,11-/m0/s1. The van der Waals surface area contributed by atoms with Crippen molar-refractivity contribution < 1.29 is 19.1 Å². The number of rotatable bonds is 5. The van der Waals surface area contributed by atoms with Crippen LogP contribution in [-0.4, -0.2) is 24.4 Å². The molecule has 7 heteroatoms. The molecule has 2 fully saturated rings. The lowest BCUT2D eigenvalue weighted by molar-refractivity contribution is -0.121. The van der Waals surface area contributed by atoms with Crippen LogP contribution >= 0.6 is 11.3 Å². The Morgan fingerprint density at radius 2 is 2.04 bits per heavy atom. The molecule has 0 radical (unpaired) electrons. The Morgan fingerprint density at radius 3 is 2.58 bits per heavy atom. The Bertz CT molecular complexity index is 697. The van der Waals surface area contributed by atoms with Crippen molar-refractivity contribution in [3.05, 3.63) is 16.0 Å². The molecule has 6 nitrogen and oxygen atoms in total. The van der Waals surface area contributed by atoms with E-state index in [0.717, 1.165) is 30.6 Å². The highest BCUT2D eigenvalue weighted by Gasteiger charge is 2.43. The molecule has 2 saturated carbocycles. The summed E-state index contributed by atoms with van der Waals surface area (Å²) in [5.74, 6) is -0.121. The monoisotopic (exact) mass is 350 g/mol. The predicted molar refractivity (Wildman–Crippen MR) is 91.1 cm³/mol. The van der Waals surface area contributed by atoms with Crippen molar-refractivity contribution in [2.24, 2.45) is 23.5 Å². The quantitative estimate of drug-likeness (QED) is 0.798. The number of anilines is 1. The molecule has 0 saturated heterocycles. The first-order chi connectivity index (χ1) is 11.4. The molecular weight excluding hydrogens is 328 g/mol. The minimum Gasteiger partial charge on any atom is -0.462 e. The molecule has 3 N–H and O–H groups in total. The zero-order valence-corrected chi connectivity index (χ0v) is 14.7. The molecular formula is C17H22N2O4S. The third kappa shape index (κ3) is 2.92. The Morgan fingerprint density at radius 1 is 1.29 bits per heavy atom. The summed E-state index contributed by atoms with van der Waals surface area (Å²) >= 11 is 1.06. The number of nitrogens with one attached hydrogen (secondary N) is 1. The third-order valence-corrected chi connectivity index (χ3v) is 6.35. The van der Waals surface area contributed by atoms with Gasteiger partial charge in [-0.15, -0.1) is 11.3 Å². The van der Waals surface area contributed by atoms with Gasteiger partial charge < -0.3 is 15.8 Å². The van der Waals surface area contributed by atoms with Gasteiger partial charge in [-0.25, -0.2) is 4.79 Å².